The molecule has 1 atom stereocenters. The lowest BCUT2D eigenvalue weighted by atomic mass is 10.3. The Bertz CT molecular complexity index is 802. The molecule has 118 valence electrons. The van der Waals surface area contributed by atoms with Gasteiger partial charge in [0.15, 0.2) is 10.9 Å². The first-order valence-electron chi connectivity index (χ1n) is 7.20. The fraction of sp³-hybridized carbons (Fsp3) is 0.250. The maximum atomic E-state index is 6.11. The van der Waals surface area contributed by atoms with E-state index in [1.807, 2.05) is 47.0 Å². The molecule has 1 aliphatic rings. The van der Waals surface area contributed by atoms with Gasteiger partial charge in [-0.1, -0.05) is 30.0 Å². The lowest BCUT2D eigenvalue weighted by molar-refractivity contribution is 0.575. The fourth-order valence-electron chi connectivity index (χ4n) is 2.36. The van der Waals surface area contributed by atoms with Crippen LogP contribution in [0.25, 0.3) is 17.3 Å². The highest BCUT2D eigenvalue weighted by Crippen LogP contribution is 2.54. The van der Waals surface area contributed by atoms with Gasteiger partial charge in [0.25, 0.3) is 0 Å². The summed E-state index contributed by atoms with van der Waals surface area (Å²) in [5.41, 5.74) is 0.991. The molecule has 0 spiro atoms. The van der Waals surface area contributed by atoms with Crippen LogP contribution in [0.1, 0.15) is 6.42 Å². The molecule has 0 bridgehead atoms. The second-order valence-corrected chi connectivity index (χ2v) is 7.96. The van der Waals surface area contributed by atoms with Crippen molar-refractivity contribution < 1.29 is 4.42 Å². The van der Waals surface area contributed by atoms with Crippen LogP contribution >= 0.6 is 35.0 Å². The number of benzene rings is 1. The number of hydrogen-bond acceptors (Lipinski definition) is 4. The van der Waals surface area contributed by atoms with Gasteiger partial charge in [-0.05, 0) is 30.7 Å². The maximum absolute atomic E-state index is 6.11. The molecule has 2 aromatic heterocycles. The zero-order valence-electron chi connectivity index (χ0n) is 12.0. The van der Waals surface area contributed by atoms with Gasteiger partial charge in [-0.25, -0.2) is 0 Å². The van der Waals surface area contributed by atoms with Crippen LogP contribution in [0.3, 0.4) is 0 Å². The Morgan fingerprint density at radius 2 is 1.96 bits per heavy atom. The topological polar surface area (TPSA) is 43.9 Å². The van der Waals surface area contributed by atoms with E-state index in [9.17, 15) is 0 Å². The molecule has 1 aromatic carbocycles. The van der Waals surface area contributed by atoms with Crippen molar-refractivity contribution in [1.29, 1.82) is 0 Å². The number of hydrogen-bond donors (Lipinski definition) is 0. The Labute approximate surface area is 147 Å². The number of nitrogens with zero attached hydrogens (tertiary/aromatic N) is 3. The van der Waals surface area contributed by atoms with Crippen LogP contribution in [0.4, 0.5) is 0 Å². The van der Waals surface area contributed by atoms with E-state index in [0.717, 1.165) is 23.0 Å². The summed E-state index contributed by atoms with van der Waals surface area (Å²) in [6, 6.07) is 13.7. The van der Waals surface area contributed by atoms with Crippen LogP contribution in [-0.4, -0.2) is 24.9 Å². The Kier molecular flexibility index (Phi) is 3.87. The van der Waals surface area contributed by atoms with Gasteiger partial charge < -0.3 is 4.42 Å². The van der Waals surface area contributed by atoms with Crippen molar-refractivity contribution in [2.75, 3.05) is 5.75 Å². The predicted octanol–water partition coefficient (Wildman–Crippen LogP) is 4.81. The minimum absolute atomic E-state index is 0.295. The van der Waals surface area contributed by atoms with Crippen molar-refractivity contribution >= 4 is 35.0 Å². The number of halogens is 2. The molecule has 7 heteroatoms. The van der Waals surface area contributed by atoms with Crippen LogP contribution in [0.15, 0.2) is 58.3 Å². The fourth-order valence-corrected chi connectivity index (χ4v) is 4.25. The van der Waals surface area contributed by atoms with E-state index < -0.39 is 4.33 Å². The summed E-state index contributed by atoms with van der Waals surface area (Å²) < 4.78 is 6.91. The third-order valence-electron chi connectivity index (χ3n) is 3.76. The van der Waals surface area contributed by atoms with Crippen molar-refractivity contribution in [2.24, 2.45) is 5.92 Å². The van der Waals surface area contributed by atoms with E-state index in [4.69, 9.17) is 27.6 Å². The molecule has 1 fully saturated rings. The van der Waals surface area contributed by atoms with Crippen molar-refractivity contribution in [1.82, 2.24) is 14.8 Å². The Morgan fingerprint density at radius 3 is 2.61 bits per heavy atom. The van der Waals surface area contributed by atoms with Crippen LogP contribution < -0.4 is 0 Å². The van der Waals surface area contributed by atoms with Gasteiger partial charge in [0.1, 0.15) is 4.33 Å². The lowest BCUT2D eigenvalue weighted by Crippen LogP contribution is -2.00. The van der Waals surface area contributed by atoms with Crippen molar-refractivity contribution in [2.45, 2.75) is 15.9 Å². The monoisotopic (exact) mass is 365 g/mol. The molecule has 0 N–H and O–H groups in total. The van der Waals surface area contributed by atoms with Crippen LogP contribution in [-0.2, 0) is 0 Å². The van der Waals surface area contributed by atoms with Crippen LogP contribution in [0.2, 0.25) is 0 Å². The summed E-state index contributed by atoms with van der Waals surface area (Å²) in [6.45, 7) is 0. The first-order valence-corrected chi connectivity index (χ1v) is 8.94. The van der Waals surface area contributed by atoms with Gasteiger partial charge in [0, 0.05) is 17.4 Å². The quantitative estimate of drug-likeness (QED) is 0.480. The number of alkyl halides is 2. The Balaban J connectivity index is 1.69. The summed E-state index contributed by atoms with van der Waals surface area (Å²) in [7, 11) is 0. The van der Waals surface area contributed by atoms with Gasteiger partial charge >= 0.3 is 0 Å². The number of rotatable bonds is 5. The van der Waals surface area contributed by atoms with Crippen molar-refractivity contribution in [3.05, 3.63) is 48.7 Å². The highest BCUT2D eigenvalue weighted by atomic mass is 35.5. The van der Waals surface area contributed by atoms with Gasteiger partial charge in [-0.2, -0.15) is 0 Å². The van der Waals surface area contributed by atoms with Crippen LogP contribution in [0, 0.1) is 5.92 Å². The van der Waals surface area contributed by atoms with Gasteiger partial charge in [-0.15, -0.1) is 33.4 Å². The van der Waals surface area contributed by atoms with E-state index in [-0.39, 0.29) is 0 Å². The molecule has 2 heterocycles. The third-order valence-corrected chi connectivity index (χ3v) is 5.78. The van der Waals surface area contributed by atoms with Gasteiger partial charge in [-0.3, -0.25) is 4.57 Å². The largest absolute Gasteiger partial charge is 0.461 e. The Hall–Kier alpha value is -1.43. The SMILES string of the molecule is ClC1(Cl)CC1CSc1nnc(-c2ccco2)n1-c1ccccc1. The summed E-state index contributed by atoms with van der Waals surface area (Å²) in [4.78, 5) is 0. The molecule has 1 unspecified atom stereocenters. The summed E-state index contributed by atoms with van der Waals surface area (Å²) in [5, 5.41) is 9.43. The van der Waals surface area contributed by atoms with E-state index in [2.05, 4.69) is 10.2 Å². The number of thioether (sulfide) groups is 1. The summed E-state index contributed by atoms with van der Waals surface area (Å²) in [5.74, 6) is 2.48. The predicted molar refractivity (Wildman–Crippen MR) is 92.3 cm³/mol. The van der Waals surface area contributed by atoms with E-state index >= 15 is 0 Å². The summed E-state index contributed by atoms with van der Waals surface area (Å²) >= 11 is 13.8. The van der Waals surface area contributed by atoms with E-state index in [1.165, 1.54) is 0 Å². The number of aromatic nitrogens is 3. The molecule has 1 aliphatic carbocycles. The van der Waals surface area contributed by atoms with Crippen molar-refractivity contribution in [3.63, 3.8) is 0 Å². The molecule has 0 radical (unpaired) electrons. The van der Waals surface area contributed by atoms with Crippen LogP contribution in [0.5, 0.6) is 0 Å². The number of furan rings is 1. The normalized spacial score (nSPS) is 19.0. The molecular formula is C16H13Cl2N3OS. The Morgan fingerprint density at radius 1 is 1.17 bits per heavy atom. The van der Waals surface area contributed by atoms with Gasteiger partial charge in [0.2, 0.25) is 5.82 Å². The first-order chi connectivity index (χ1) is 11.1. The maximum Gasteiger partial charge on any atom is 0.205 e. The highest BCUT2D eigenvalue weighted by molar-refractivity contribution is 7.99. The van der Waals surface area contributed by atoms with Crippen molar-refractivity contribution in [3.8, 4) is 17.3 Å². The average Bonchev–Trinajstić information content (AvgIpc) is 2.98. The standard InChI is InChI=1S/C16H13Cl2N3OS/c17-16(18)9-11(16)10-23-15-20-19-14(13-7-4-8-22-13)21(15)12-5-2-1-3-6-12/h1-8,11H,9-10H2. The molecule has 0 amide bonds. The smallest absolute Gasteiger partial charge is 0.205 e. The van der Waals surface area contributed by atoms with E-state index in [1.54, 1.807) is 18.0 Å². The molecule has 1 saturated carbocycles. The second kappa shape index (κ2) is 5.89. The zero-order chi connectivity index (χ0) is 15.9. The minimum atomic E-state index is -0.575. The molecule has 0 saturated heterocycles. The second-order valence-electron chi connectivity index (χ2n) is 5.43. The van der Waals surface area contributed by atoms with Gasteiger partial charge in [0.05, 0.1) is 6.26 Å². The number of para-hydroxylation sites is 1. The third kappa shape index (κ3) is 3.01. The molecule has 4 nitrogen and oxygen atoms in total. The molecular weight excluding hydrogens is 353 g/mol. The van der Waals surface area contributed by atoms with E-state index in [0.29, 0.717) is 17.5 Å². The average molecular weight is 366 g/mol. The molecule has 3 aromatic rings. The molecule has 23 heavy (non-hydrogen) atoms. The zero-order valence-corrected chi connectivity index (χ0v) is 14.4. The highest BCUT2D eigenvalue weighted by Gasteiger charge is 2.51. The first kappa shape index (κ1) is 15.1. The lowest BCUT2D eigenvalue weighted by Gasteiger charge is -2.09. The summed E-state index contributed by atoms with van der Waals surface area (Å²) in [6.07, 6.45) is 2.46. The molecule has 4 rings (SSSR count). The minimum Gasteiger partial charge on any atom is -0.461 e. The molecule has 0 aliphatic heterocycles.